The molecule has 2 aliphatic heterocycles. The number of carbonyl (C=O) groups excluding carboxylic acids is 2. The first kappa shape index (κ1) is 17.7. The van der Waals surface area contributed by atoms with E-state index in [4.69, 9.17) is 4.74 Å². The Morgan fingerprint density at radius 2 is 1.92 bits per heavy atom. The van der Waals surface area contributed by atoms with Crippen molar-refractivity contribution in [3.63, 3.8) is 0 Å². The van der Waals surface area contributed by atoms with Gasteiger partial charge in [-0.05, 0) is 31.2 Å². The van der Waals surface area contributed by atoms with E-state index >= 15 is 0 Å². The van der Waals surface area contributed by atoms with Gasteiger partial charge in [-0.25, -0.2) is 0 Å². The number of hydrogen-bond acceptors (Lipinski definition) is 4. The first-order chi connectivity index (χ1) is 12.1. The third-order valence-electron chi connectivity index (χ3n) is 4.95. The molecule has 6 nitrogen and oxygen atoms in total. The van der Waals surface area contributed by atoms with E-state index in [-0.39, 0.29) is 23.8 Å². The number of fused-ring (bicyclic) bond motifs is 3. The summed E-state index contributed by atoms with van der Waals surface area (Å²) in [6.07, 6.45) is 0.359. The van der Waals surface area contributed by atoms with E-state index in [1.165, 1.54) is 0 Å². The van der Waals surface area contributed by atoms with Gasteiger partial charge in [-0.15, -0.1) is 0 Å². The summed E-state index contributed by atoms with van der Waals surface area (Å²) in [6, 6.07) is 7.68. The number of nitrogens with zero attached hydrogens (tertiary/aromatic N) is 2. The van der Waals surface area contributed by atoms with E-state index in [0.29, 0.717) is 26.1 Å². The zero-order chi connectivity index (χ0) is 17.8. The maximum atomic E-state index is 12.8. The summed E-state index contributed by atoms with van der Waals surface area (Å²) < 4.78 is 5.44. The summed E-state index contributed by atoms with van der Waals surface area (Å²) in [6.45, 7) is 8.26. The molecule has 0 saturated carbocycles. The second-order valence-electron chi connectivity index (χ2n) is 6.81. The van der Waals surface area contributed by atoms with Crippen molar-refractivity contribution in [2.24, 2.45) is 5.92 Å². The molecule has 2 amide bonds. The van der Waals surface area contributed by atoms with Crippen molar-refractivity contribution in [1.82, 2.24) is 15.1 Å². The molecule has 0 unspecified atom stereocenters. The number of amides is 2. The fourth-order valence-electron chi connectivity index (χ4n) is 3.61. The molecule has 2 heterocycles. The molecule has 136 valence electrons. The van der Waals surface area contributed by atoms with Gasteiger partial charge in [-0.2, -0.15) is 0 Å². The van der Waals surface area contributed by atoms with Crippen molar-refractivity contribution >= 4 is 11.8 Å². The van der Waals surface area contributed by atoms with Crippen LogP contribution in [-0.2, 0) is 16.0 Å². The van der Waals surface area contributed by atoms with E-state index < -0.39 is 0 Å². The lowest BCUT2D eigenvalue weighted by atomic mass is 10.1. The number of ether oxygens (including phenoxy) is 1. The van der Waals surface area contributed by atoms with Gasteiger partial charge in [0.05, 0.1) is 25.0 Å². The lowest BCUT2D eigenvalue weighted by Crippen LogP contribution is -2.49. The van der Waals surface area contributed by atoms with Crippen LogP contribution in [0.25, 0.3) is 0 Å². The normalized spacial score (nSPS) is 23.8. The van der Waals surface area contributed by atoms with Gasteiger partial charge >= 0.3 is 0 Å². The zero-order valence-corrected chi connectivity index (χ0v) is 15.0. The lowest BCUT2D eigenvalue weighted by molar-refractivity contribution is -0.132. The van der Waals surface area contributed by atoms with Crippen LogP contribution in [0.2, 0.25) is 0 Å². The van der Waals surface area contributed by atoms with Gasteiger partial charge in [0.15, 0.2) is 0 Å². The van der Waals surface area contributed by atoms with Crippen molar-refractivity contribution in [3.05, 3.63) is 29.8 Å². The van der Waals surface area contributed by atoms with Crippen LogP contribution in [0.3, 0.4) is 0 Å². The average Bonchev–Trinajstić information content (AvgIpc) is 2.83. The Hall–Kier alpha value is -2.08. The predicted molar refractivity (Wildman–Crippen MR) is 95.4 cm³/mol. The molecule has 1 aromatic carbocycles. The summed E-state index contributed by atoms with van der Waals surface area (Å²) in [4.78, 5) is 29.2. The number of carbonyl (C=O) groups is 2. The van der Waals surface area contributed by atoms with Crippen molar-refractivity contribution in [2.45, 2.75) is 26.3 Å². The molecule has 6 heteroatoms. The fourth-order valence-corrected chi connectivity index (χ4v) is 3.61. The SMILES string of the molecule is CCOc1ccc(CC(=O)N2C[C@@H]3CN(CC)C[C@H](C2)C(=O)N3)cc1. The lowest BCUT2D eigenvalue weighted by Gasteiger charge is -2.32. The van der Waals surface area contributed by atoms with Crippen LogP contribution >= 0.6 is 0 Å². The molecule has 0 spiro atoms. The maximum absolute atomic E-state index is 12.8. The first-order valence-electron chi connectivity index (χ1n) is 9.11. The monoisotopic (exact) mass is 345 g/mol. The quantitative estimate of drug-likeness (QED) is 0.862. The van der Waals surface area contributed by atoms with E-state index in [0.717, 1.165) is 30.9 Å². The molecule has 2 fully saturated rings. The van der Waals surface area contributed by atoms with Crippen LogP contribution < -0.4 is 10.1 Å². The minimum Gasteiger partial charge on any atom is -0.494 e. The summed E-state index contributed by atoms with van der Waals surface area (Å²) in [5, 5.41) is 3.08. The molecule has 2 saturated heterocycles. The molecular weight excluding hydrogens is 318 g/mol. The highest BCUT2D eigenvalue weighted by atomic mass is 16.5. The molecule has 1 aromatic rings. The summed E-state index contributed by atoms with van der Waals surface area (Å²) in [5.41, 5.74) is 0.970. The Morgan fingerprint density at radius 3 is 2.60 bits per heavy atom. The largest absolute Gasteiger partial charge is 0.494 e. The molecule has 2 atom stereocenters. The Morgan fingerprint density at radius 1 is 1.16 bits per heavy atom. The Kier molecular flexibility index (Phi) is 5.58. The molecule has 2 bridgehead atoms. The third kappa shape index (κ3) is 4.31. The molecular formula is C19H27N3O3. The first-order valence-corrected chi connectivity index (χ1v) is 9.11. The summed E-state index contributed by atoms with van der Waals surface area (Å²) >= 11 is 0. The topological polar surface area (TPSA) is 61.9 Å². The number of rotatable bonds is 5. The molecule has 1 N–H and O–H groups in total. The second kappa shape index (κ2) is 7.87. The highest BCUT2D eigenvalue weighted by Gasteiger charge is 2.36. The van der Waals surface area contributed by atoms with Crippen molar-refractivity contribution in [1.29, 1.82) is 0 Å². The zero-order valence-electron chi connectivity index (χ0n) is 15.0. The Labute approximate surface area is 149 Å². The van der Waals surface area contributed by atoms with Crippen molar-refractivity contribution in [3.8, 4) is 5.75 Å². The van der Waals surface area contributed by atoms with Crippen molar-refractivity contribution in [2.75, 3.05) is 39.3 Å². The van der Waals surface area contributed by atoms with Crippen LogP contribution in [0.4, 0.5) is 0 Å². The Bertz CT molecular complexity index is 617. The molecule has 25 heavy (non-hydrogen) atoms. The highest BCUT2D eigenvalue weighted by Crippen LogP contribution is 2.18. The molecule has 0 aromatic heterocycles. The number of benzene rings is 1. The summed E-state index contributed by atoms with van der Waals surface area (Å²) in [7, 11) is 0. The van der Waals surface area contributed by atoms with Gasteiger partial charge in [-0.3, -0.25) is 9.59 Å². The van der Waals surface area contributed by atoms with Crippen LogP contribution in [0.1, 0.15) is 19.4 Å². The molecule has 0 radical (unpaired) electrons. The van der Waals surface area contributed by atoms with Gasteiger partial charge in [0, 0.05) is 26.2 Å². The standard InChI is InChI=1S/C19H27N3O3/c1-3-21-10-15-11-22(13-16(12-21)20-19(15)24)18(23)9-14-5-7-17(8-6-14)25-4-2/h5-8,15-16H,3-4,9-13H2,1-2H3,(H,20,24)/t15-,16+/m1/s1. The van der Waals surface area contributed by atoms with Gasteiger partial charge in [-0.1, -0.05) is 19.1 Å². The van der Waals surface area contributed by atoms with Gasteiger partial charge < -0.3 is 19.9 Å². The van der Waals surface area contributed by atoms with E-state index in [1.807, 2.05) is 36.1 Å². The van der Waals surface area contributed by atoms with Gasteiger partial charge in [0.1, 0.15) is 5.75 Å². The van der Waals surface area contributed by atoms with E-state index in [1.54, 1.807) is 0 Å². The third-order valence-corrected chi connectivity index (χ3v) is 4.95. The van der Waals surface area contributed by atoms with Crippen LogP contribution in [0.15, 0.2) is 24.3 Å². The minimum atomic E-state index is -0.142. The van der Waals surface area contributed by atoms with E-state index in [2.05, 4.69) is 17.1 Å². The maximum Gasteiger partial charge on any atom is 0.227 e. The summed E-state index contributed by atoms with van der Waals surface area (Å²) in [5.74, 6) is 0.840. The average molecular weight is 345 g/mol. The highest BCUT2D eigenvalue weighted by molar-refractivity contribution is 5.83. The molecule has 0 aliphatic carbocycles. The smallest absolute Gasteiger partial charge is 0.227 e. The van der Waals surface area contributed by atoms with E-state index in [9.17, 15) is 9.59 Å². The van der Waals surface area contributed by atoms with Crippen LogP contribution in [0.5, 0.6) is 5.75 Å². The van der Waals surface area contributed by atoms with Crippen LogP contribution in [-0.4, -0.2) is 67.0 Å². The Balaban J connectivity index is 1.65. The molecule has 2 aliphatic rings. The second-order valence-corrected chi connectivity index (χ2v) is 6.81. The predicted octanol–water partition coefficient (Wildman–Crippen LogP) is 0.907. The molecule has 3 rings (SSSR count). The van der Waals surface area contributed by atoms with Crippen LogP contribution in [0, 0.1) is 5.92 Å². The fraction of sp³-hybridized carbons (Fsp3) is 0.579. The van der Waals surface area contributed by atoms with Gasteiger partial charge in [0.25, 0.3) is 0 Å². The van der Waals surface area contributed by atoms with Crippen molar-refractivity contribution < 1.29 is 14.3 Å². The number of hydrogen-bond donors (Lipinski definition) is 1. The number of nitrogens with one attached hydrogen (secondary N) is 1. The number of likely N-dealkylation sites (N-methyl/N-ethyl adjacent to an activating group) is 1. The van der Waals surface area contributed by atoms with Gasteiger partial charge in [0.2, 0.25) is 11.8 Å². The minimum absolute atomic E-state index is 0.0178.